The second kappa shape index (κ2) is 4.71. The van der Waals surface area contributed by atoms with Gasteiger partial charge in [-0.2, -0.15) is 0 Å². The molecule has 3 heteroatoms. The molecule has 0 atom stereocenters. The van der Waals surface area contributed by atoms with Crippen molar-refractivity contribution in [2.24, 2.45) is 0 Å². The van der Waals surface area contributed by atoms with E-state index in [1.807, 2.05) is 13.8 Å². The second-order valence-corrected chi connectivity index (χ2v) is 3.86. The number of rotatable bonds is 4. The fraction of sp³-hybridized carbons (Fsp3) is 0.500. The molecule has 1 rings (SSSR count). The van der Waals surface area contributed by atoms with E-state index in [1.54, 1.807) is 19.2 Å². The van der Waals surface area contributed by atoms with Crippen molar-refractivity contribution < 1.29 is 8.78 Å². The van der Waals surface area contributed by atoms with Gasteiger partial charge in [-0.15, -0.1) is 0 Å². The molecule has 1 N–H and O–H groups in total. The summed E-state index contributed by atoms with van der Waals surface area (Å²) in [5.74, 6) is -2.73. The Morgan fingerprint density at radius 1 is 1.20 bits per heavy atom. The van der Waals surface area contributed by atoms with Crippen LogP contribution in [0.5, 0.6) is 0 Å². The van der Waals surface area contributed by atoms with E-state index in [0.717, 1.165) is 11.1 Å². The Morgan fingerprint density at radius 3 is 2.40 bits per heavy atom. The first kappa shape index (κ1) is 12.1. The quantitative estimate of drug-likeness (QED) is 0.810. The summed E-state index contributed by atoms with van der Waals surface area (Å²) in [7, 11) is 1.68. The normalized spacial score (nSPS) is 11.8. The van der Waals surface area contributed by atoms with Crippen LogP contribution in [0.2, 0.25) is 0 Å². The zero-order chi connectivity index (χ0) is 11.5. The molecule has 1 nitrogen and oxygen atoms in total. The van der Waals surface area contributed by atoms with Crippen molar-refractivity contribution in [1.29, 1.82) is 0 Å². The lowest BCUT2D eigenvalue weighted by atomic mass is 10.0. The lowest BCUT2D eigenvalue weighted by Crippen LogP contribution is -2.21. The summed E-state index contributed by atoms with van der Waals surface area (Å²) in [4.78, 5) is 0. The van der Waals surface area contributed by atoms with Gasteiger partial charge in [0.15, 0.2) is 0 Å². The zero-order valence-electron chi connectivity index (χ0n) is 9.40. The summed E-state index contributed by atoms with van der Waals surface area (Å²) >= 11 is 0. The smallest absolute Gasteiger partial charge is 0.274 e. The monoisotopic (exact) mass is 213 g/mol. The van der Waals surface area contributed by atoms with Crippen LogP contribution in [0, 0.1) is 13.8 Å². The van der Waals surface area contributed by atoms with Gasteiger partial charge in [-0.3, -0.25) is 0 Å². The number of alkyl halides is 2. The van der Waals surface area contributed by atoms with E-state index >= 15 is 0 Å². The number of aryl methyl sites for hydroxylation is 2. The van der Waals surface area contributed by atoms with Crippen molar-refractivity contribution in [3.63, 3.8) is 0 Å². The van der Waals surface area contributed by atoms with Gasteiger partial charge in [0.05, 0.1) is 0 Å². The van der Waals surface area contributed by atoms with Gasteiger partial charge in [-0.05, 0) is 38.1 Å². The van der Waals surface area contributed by atoms with E-state index in [2.05, 4.69) is 5.32 Å². The van der Waals surface area contributed by atoms with Crippen LogP contribution >= 0.6 is 0 Å². The molecule has 84 valence electrons. The van der Waals surface area contributed by atoms with Crippen LogP contribution < -0.4 is 5.32 Å². The predicted molar refractivity (Wildman–Crippen MR) is 58.4 cm³/mol. The molecule has 0 bridgehead atoms. The number of hydrogen-bond donors (Lipinski definition) is 1. The van der Waals surface area contributed by atoms with Crippen LogP contribution in [0.15, 0.2) is 18.2 Å². The van der Waals surface area contributed by atoms with Crippen molar-refractivity contribution in [2.75, 3.05) is 13.6 Å². The Morgan fingerprint density at radius 2 is 1.87 bits per heavy atom. The van der Waals surface area contributed by atoms with E-state index < -0.39 is 5.92 Å². The summed E-state index contributed by atoms with van der Waals surface area (Å²) in [6.07, 6.45) is -0.161. The maximum Gasteiger partial charge on any atom is 0.274 e. The standard InChI is InChI=1S/C12H17F2N/c1-9-4-5-11(8-10(9)2)12(13,14)6-7-15-3/h4-5,8,15H,6-7H2,1-3H3. The van der Waals surface area contributed by atoms with Crippen LogP contribution in [0.4, 0.5) is 8.78 Å². The van der Waals surface area contributed by atoms with Gasteiger partial charge in [0.2, 0.25) is 0 Å². The molecule has 0 aliphatic heterocycles. The van der Waals surface area contributed by atoms with Gasteiger partial charge < -0.3 is 5.32 Å². The van der Waals surface area contributed by atoms with Crippen LogP contribution in [0.25, 0.3) is 0 Å². The maximum absolute atomic E-state index is 13.6. The van der Waals surface area contributed by atoms with Gasteiger partial charge in [0.1, 0.15) is 0 Å². The zero-order valence-corrected chi connectivity index (χ0v) is 9.40. The van der Waals surface area contributed by atoms with Crippen LogP contribution in [-0.4, -0.2) is 13.6 Å². The molecule has 0 amide bonds. The molecule has 0 aliphatic carbocycles. The highest BCUT2D eigenvalue weighted by molar-refractivity contribution is 5.32. The minimum absolute atomic E-state index is 0.112. The average molecular weight is 213 g/mol. The van der Waals surface area contributed by atoms with Gasteiger partial charge >= 0.3 is 0 Å². The summed E-state index contributed by atoms with van der Waals surface area (Å²) in [6, 6.07) is 4.83. The van der Waals surface area contributed by atoms with E-state index in [1.165, 1.54) is 6.07 Å². The van der Waals surface area contributed by atoms with Crippen LogP contribution in [0.3, 0.4) is 0 Å². The highest BCUT2D eigenvalue weighted by Gasteiger charge is 2.30. The Kier molecular flexibility index (Phi) is 3.80. The summed E-state index contributed by atoms with van der Waals surface area (Å²) < 4.78 is 27.2. The van der Waals surface area contributed by atoms with Gasteiger partial charge in [-0.25, -0.2) is 8.78 Å². The van der Waals surface area contributed by atoms with E-state index in [9.17, 15) is 8.78 Å². The molecule has 0 fully saturated rings. The molecule has 0 heterocycles. The highest BCUT2D eigenvalue weighted by Crippen LogP contribution is 2.32. The molecular formula is C12H17F2N. The van der Waals surface area contributed by atoms with Crippen molar-refractivity contribution in [2.45, 2.75) is 26.2 Å². The molecule has 0 saturated carbocycles. The molecule has 0 aromatic heterocycles. The molecule has 0 spiro atoms. The Hall–Kier alpha value is -0.960. The number of nitrogens with one attached hydrogen (secondary N) is 1. The molecule has 0 aliphatic rings. The van der Waals surface area contributed by atoms with Gasteiger partial charge in [0.25, 0.3) is 5.92 Å². The topological polar surface area (TPSA) is 12.0 Å². The fourth-order valence-electron chi connectivity index (χ4n) is 1.40. The minimum atomic E-state index is -2.73. The van der Waals surface area contributed by atoms with Crippen molar-refractivity contribution in [1.82, 2.24) is 5.32 Å². The Labute approximate surface area is 89.5 Å². The SMILES string of the molecule is CNCCC(F)(F)c1ccc(C)c(C)c1. The summed E-state index contributed by atoms with van der Waals surface area (Å²) in [5.41, 5.74) is 2.07. The Bertz CT molecular complexity index is 334. The molecule has 0 unspecified atom stereocenters. The van der Waals surface area contributed by atoms with E-state index in [4.69, 9.17) is 0 Å². The second-order valence-electron chi connectivity index (χ2n) is 3.86. The van der Waals surface area contributed by atoms with Crippen molar-refractivity contribution >= 4 is 0 Å². The minimum Gasteiger partial charge on any atom is -0.320 e. The molecule has 1 aromatic rings. The summed E-state index contributed by atoms with van der Waals surface area (Å²) in [5, 5.41) is 2.74. The summed E-state index contributed by atoms with van der Waals surface area (Å²) in [6.45, 7) is 4.10. The first-order valence-electron chi connectivity index (χ1n) is 5.07. The van der Waals surface area contributed by atoms with Crippen molar-refractivity contribution in [3.8, 4) is 0 Å². The Balaban J connectivity index is 2.89. The van der Waals surface area contributed by atoms with Gasteiger partial charge in [0, 0.05) is 18.5 Å². The molecule has 15 heavy (non-hydrogen) atoms. The lowest BCUT2D eigenvalue weighted by molar-refractivity contribution is -0.0124. The predicted octanol–water partition coefficient (Wildman–Crippen LogP) is 3.00. The molecular weight excluding hydrogens is 196 g/mol. The van der Waals surface area contributed by atoms with E-state index in [-0.39, 0.29) is 12.0 Å². The maximum atomic E-state index is 13.6. The largest absolute Gasteiger partial charge is 0.320 e. The van der Waals surface area contributed by atoms with Crippen LogP contribution in [0.1, 0.15) is 23.1 Å². The molecule has 0 radical (unpaired) electrons. The first-order valence-corrected chi connectivity index (χ1v) is 5.07. The number of hydrogen-bond acceptors (Lipinski definition) is 1. The van der Waals surface area contributed by atoms with Crippen molar-refractivity contribution in [3.05, 3.63) is 34.9 Å². The fourth-order valence-corrected chi connectivity index (χ4v) is 1.40. The molecule has 1 aromatic carbocycles. The third kappa shape index (κ3) is 2.99. The number of halogens is 2. The third-order valence-corrected chi connectivity index (χ3v) is 2.62. The number of benzene rings is 1. The van der Waals surface area contributed by atoms with E-state index in [0.29, 0.717) is 6.54 Å². The lowest BCUT2D eigenvalue weighted by Gasteiger charge is -2.17. The third-order valence-electron chi connectivity index (χ3n) is 2.62. The van der Waals surface area contributed by atoms with Gasteiger partial charge in [-0.1, -0.05) is 12.1 Å². The van der Waals surface area contributed by atoms with Crippen LogP contribution in [-0.2, 0) is 5.92 Å². The molecule has 0 saturated heterocycles. The average Bonchev–Trinajstić information content (AvgIpc) is 2.19. The first-order chi connectivity index (χ1) is 6.97. The highest BCUT2D eigenvalue weighted by atomic mass is 19.3.